The Hall–Kier alpha value is -0.920. The summed E-state index contributed by atoms with van der Waals surface area (Å²) in [6.45, 7) is 0. The number of primary sulfonamides is 1. The molecule has 0 radical (unpaired) electrons. The Balaban J connectivity index is 2.09. The molecule has 0 heterocycles. The Morgan fingerprint density at radius 2 is 2.11 bits per heavy atom. The van der Waals surface area contributed by atoms with Crippen LogP contribution in [-0.4, -0.2) is 26.0 Å². The molecule has 1 fully saturated rings. The van der Waals surface area contributed by atoms with Crippen LogP contribution in [0.3, 0.4) is 0 Å². The van der Waals surface area contributed by atoms with Crippen LogP contribution in [0, 0.1) is 0 Å². The smallest absolute Gasteiger partial charge is 0.240 e. The van der Waals surface area contributed by atoms with Crippen LogP contribution in [0.4, 0.5) is 11.4 Å². The van der Waals surface area contributed by atoms with Gasteiger partial charge < -0.3 is 11.1 Å². The number of thioether (sulfide) groups is 1. The van der Waals surface area contributed by atoms with E-state index in [0.717, 1.165) is 18.5 Å². The SMILES string of the molecule is CSC1CCC(Nc2ccc(S(N)(=O)=O)c(N)c2)C1. The molecule has 0 aliphatic heterocycles. The molecule has 1 aliphatic rings. The minimum Gasteiger partial charge on any atom is -0.398 e. The first kappa shape index (κ1) is 14.5. The van der Waals surface area contributed by atoms with Gasteiger partial charge in [-0.25, -0.2) is 13.6 Å². The number of nitrogens with two attached hydrogens (primary N) is 2. The molecule has 0 bridgehead atoms. The summed E-state index contributed by atoms with van der Waals surface area (Å²) in [5.41, 5.74) is 6.76. The van der Waals surface area contributed by atoms with Gasteiger partial charge in [0.05, 0.1) is 5.69 Å². The number of nitrogens with one attached hydrogen (secondary N) is 1. The molecule has 2 rings (SSSR count). The van der Waals surface area contributed by atoms with Crippen molar-refractivity contribution in [2.24, 2.45) is 5.14 Å². The van der Waals surface area contributed by atoms with Crippen molar-refractivity contribution in [2.45, 2.75) is 35.4 Å². The van der Waals surface area contributed by atoms with Crippen molar-refractivity contribution < 1.29 is 8.42 Å². The maximum absolute atomic E-state index is 11.3. The molecule has 1 aromatic rings. The zero-order valence-corrected chi connectivity index (χ0v) is 12.4. The second kappa shape index (κ2) is 5.60. The standard InChI is InChI=1S/C12H19N3O2S2/c1-18-10-4-2-8(6-10)15-9-3-5-12(11(13)7-9)19(14,16)17/h3,5,7-8,10,15H,2,4,6,13H2,1H3,(H2,14,16,17). The van der Waals surface area contributed by atoms with Gasteiger partial charge in [0, 0.05) is 17.0 Å². The van der Waals surface area contributed by atoms with Crippen LogP contribution < -0.4 is 16.2 Å². The first-order valence-corrected chi connectivity index (χ1v) is 8.95. The van der Waals surface area contributed by atoms with Gasteiger partial charge in [-0.15, -0.1) is 0 Å². The highest BCUT2D eigenvalue weighted by Crippen LogP contribution is 2.31. The molecule has 106 valence electrons. The van der Waals surface area contributed by atoms with Crippen LogP contribution in [0.5, 0.6) is 0 Å². The lowest BCUT2D eigenvalue weighted by Gasteiger charge is -2.15. The van der Waals surface area contributed by atoms with Crippen LogP contribution in [0.25, 0.3) is 0 Å². The monoisotopic (exact) mass is 301 g/mol. The number of hydrogen-bond acceptors (Lipinski definition) is 5. The van der Waals surface area contributed by atoms with E-state index in [9.17, 15) is 8.42 Å². The normalized spacial score (nSPS) is 23.5. The summed E-state index contributed by atoms with van der Waals surface area (Å²) in [6.07, 6.45) is 5.59. The highest BCUT2D eigenvalue weighted by atomic mass is 32.2. The summed E-state index contributed by atoms with van der Waals surface area (Å²) < 4.78 is 22.5. The molecule has 19 heavy (non-hydrogen) atoms. The van der Waals surface area contributed by atoms with Crippen molar-refractivity contribution in [3.8, 4) is 0 Å². The third-order valence-corrected chi connectivity index (χ3v) is 5.48. The zero-order chi connectivity index (χ0) is 14.0. The van der Waals surface area contributed by atoms with Gasteiger partial charge in [0.15, 0.2) is 0 Å². The molecule has 0 spiro atoms. The predicted molar refractivity (Wildman–Crippen MR) is 80.8 cm³/mol. The average molecular weight is 301 g/mol. The second-order valence-corrected chi connectivity index (χ2v) is 7.48. The van der Waals surface area contributed by atoms with Gasteiger partial charge in [-0.2, -0.15) is 11.8 Å². The zero-order valence-electron chi connectivity index (χ0n) is 10.8. The number of anilines is 2. The van der Waals surface area contributed by atoms with E-state index in [2.05, 4.69) is 11.6 Å². The van der Waals surface area contributed by atoms with Crippen molar-refractivity contribution in [3.63, 3.8) is 0 Å². The van der Waals surface area contributed by atoms with Crippen molar-refractivity contribution in [2.75, 3.05) is 17.3 Å². The topological polar surface area (TPSA) is 98.2 Å². The van der Waals surface area contributed by atoms with Gasteiger partial charge in [0.2, 0.25) is 10.0 Å². The van der Waals surface area contributed by atoms with E-state index in [1.165, 1.54) is 12.5 Å². The van der Waals surface area contributed by atoms with E-state index in [-0.39, 0.29) is 10.6 Å². The molecule has 2 unspecified atom stereocenters. The van der Waals surface area contributed by atoms with E-state index < -0.39 is 10.0 Å². The highest BCUT2D eigenvalue weighted by Gasteiger charge is 2.24. The molecule has 7 heteroatoms. The van der Waals surface area contributed by atoms with E-state index in [4.69, 9.17) is 10.9 Å². The van der Waals surface area contributed by atoms with Gasteiger partial charge in [0.1, 0.15) is 4.90 Å². The van der Waals surface area contributed by atoms with Gasteiger partial charge in [-0.3, -0.25) is 0 Å². The molecule has 1 aliphatic carbocycles. The molecular weight excluding hydrogens is 282 g/mol. The van der Waals surface area contributed by atoms with Crippen LogP contribution >= 0.6 is 11.8 Å². The summed E-state index contributed by atoms with van der Waals surface area (Å²) >= 11 is 1.90. The fraction of sp³-hybridized carbons (Fsp3) is 0.500. The molecule has 0 amide bonds. The van der Waals surface area contributed by atoms with Gasteiger partial charge >= 0.3 is 0 Å². The van der Waals surface area contributed by atoms with Crippen LogP contribution in [0.15, 0.2) is 23.1 Å². The Morgan fingerprint density at radius 1 is 1.37 bits per heavy atom. The molecule has 0 aromatic heterocycles. The summed E-state index contributed by atoms with van der Waals surface area (Å²) in [7, 11) is -3.75. The minimum atomic E-state index is -3.75. The van der Waals surface area contributed by atoms with Crippen LogP contribution in [0.1, 0.15) is 19.3 Å². The molecule has 5 N–H and O–H groups in total. The van der Waals surface area contributed by atoms with Gasteiger partial charge in [0.25, 0.3) is 0 Å². The number of rotatable bonds is 4. The lowest BCUT2D eigenvalue weighted by molar-refractivity contribution is 0.598. The molecule has 1 saturated carbocycles. The second-order valence-electron chi connectivity index (χ2n) is 4.81. The third-order valence-electron chi connectivity index (χ3n) is 3.40. The maximum Gasteiger partial charge on any atom is 0.240 e. The molecule has 0 saturated heterocycles. The fourth-order valence-electron chi connectivity index (χ4n) is 2.42. The summed E-state index contributed by atoms with van der Waals surface area (Å²) in [6, 6.07) is 5.22. The predicted octanol–water partition coefficient (Wildman–Crippen LogP) is 1.61. The van der Waals surface area contributed by atoms with Crippen LogP contribution in [-0.2, 0) is 10.0 Å². The van der Waals surface area contributed by atoms with Crippen LogP contribution in [0.2, 0.25) is 0 Å². The number of hydrogen-bond donors (Lipinski definition) is 3. The first-order valence-electron chi connectivity index (χ1n) is 6.12. The lowest BCUT2D eigenvalue weighted by Crippen LogP contribution is -2.17. The number of nitrogen functional groups attached to an aromatic ring is 1. The Kier molecular flexibility index (Phi) is 4.27. The Bertz CT molecular complexity index is 560. The number of benzene rings is 1. The summed E-state index contributed by atoms with van der Waals surface area (Å²) in [4.78, 5) is -0.0218. The number of sulfonamides is 1. The van der Waals surface area contributed by atoms with E-state index >= 15 is 0 Å². The third kappa shape index (κ3) is 3.55. The van der Waals surface area contributed by atoms with Crippen molar-refractivity contribution in [3.05, 3.63) is 18.2 Å². The molecule has 1 aromatic carbocycles. The summed E-state index contributed by atoms with van der Waals surface area (Å²) in [5, 5.41) is 9.18. The minimum absolute atomic E-state index is 0.0218. The summed E-state index contributed by atoms with van der Waals surface area (Å²) in [5.74, 6) is 0. The largest absolute Gasteiger partial charge is 0.398 e. The van der Waals surface area contributed by atoms with Gasteiger partial charge in [-0.1, -0.05) is 0 Å². The van der Waals surface area contributed by atoms with Gasteiger partial charge in [-0.05, 0) is 43.7 Å². The fourth-order valence-corrected chi connectivity index (χ4v) is 3.86. The average Bonchev–Trinajstić information content (AvgIpc) is 2.75. The van der Waals surface area contributed by atoms with Crippen molar-refractivity contribution >= 4 is 33.2 Å². The first-order chi connectivity index (χ1) is 8.90. The van der Waals surface area contributed by atoms with E-state index in [0.29, 0.717) is 11.3 Å². The van der Waals surface area contributed by atoms with Crippen molar-refractivity contribution in [1.29, 1.82) is 0 Å². The quantitative estimate of drug-likeness (QED) is 0.734. The van der Waals surface area contributed by atoms with E-state index in [1.54, 1.807) is 12.1 Å². The van der Waals surface area contributed by atoms with E-state index in [1.807, 2.05) is 11.8 Å². The lowest BCUT2D eigenvalue weighted by atomic mass is 10.2. The Labute approximate surface area is 118 Å². The highest BCUT2D eigenvalue weighted by molar-refractivity contribution is 7.99. The maximum atomic E-state index is 11.3. The molecular formula is C12H19N3O2S2. The molecule has 5 nitrogen and oxygen atoms in total. The van der Waals surface area contributed by atoms with Crippen molar-refractivity contribution in [1.82, 2.24) is 0 Å². The Morgan fingerprint density at radius 3 is 2.63 bits per heavy atom. The molecule has 2 atom stereocenters.